The first-order valence-electron chi connectivity index (χ1n) is 8.54. The van der Waals surface area contributed by atoms with Gasteiger partial charge in [-0.25, -0.2) is 4.39 Å². The van der Waals surface area contributed by atoms with Crippen molar-refractivity contribution in [2.45, 2.75) is 32.0 Å². The summed E-state index contributed by atoms with van der Waals surface area (Å²) in [6.07, 6.45) is -0.574. The highest BCUT2D eigenvalue weighted by Crippen LogP contribution is 2.34. The van der Waals surface area contributed by atoms with E-state index in [9.17, 15) is 17.6 Å². The third kappa shape index (κ3) is 5.14. The Kier molecular flexibility index (Phi) is 7.37. The van der Waals surface area contributed by atoms with Gasteiger partial charge in [-0.2, -0.15) is 13.2 Å². The molecule has 1 aliphatic rings. The van der Waals surface area contributed by atoms with Gasteiger partial charge in [0.15, 0.2) is 0 Å². The number of nitrogens with one attached hydrogen (secondary N) is 2. The fraction of sp³-hybridized carbons (Fsp3) is 0.556. The number of rotatable bonds is 7. The van der Waals surface area contributed by atoms with Gasteiger partial charge >= 0.3 is 6.18 Å². The maximum absolute atomic E-state index is 13.7. The van der Waals surface area contributed by atoms with Crippen molar-refractivity contribution in [3.8, 4) is 0 Å². The Morgan fingerprint density at radius 2 is 2.08 bits per heavy atom. The van der Waals surface area contributed by atoms with Crippen molar-refractivity contribution in [3.63, 3.8) is 0 Å². The van der Waals surface area contributed by atoms with Crippen LogP contribution in [0.15, 0.2) is 23.1 Å². The standard InChI is InChI=1S/C18H25F4N3S/c1-12-5-4-8-25(12)10-16(26-3)17(24-11-23-2)13-6-7-15(19)14(9-13)18(20,21)22/h6-7,9,12,23-24H,4-5,8,10-11H2,1-3H3/b17-16-. The van der Waals surface area contributed by atoms with E-state index < -0.39 is 17.6 Å². The first kappa shape index (κ1) is 21.1. The van der Waals surface area contributed by atoms with Gasteiger partial charge in [-0.05, 0) is 63.4 Å². The minimum Gasteiger partial charge on any atom is -0.371 e. The Labute approximate surface area is 156 Å². The highest BCUT2D eigenvalue weighted by atomic mass is 32.2. The normalized spacial score (nSPS) is 19.6. The molecule has 0 saturated carbocycles. The minimum atomic E-state index is -4.73. The molecule has 26 heavy (non-hydrogen) atoms. The second-order valence-electron chi connectivity index (χ2n) is 6.36. The van der Waals surface area contributed by atoms with Gasteiger partial charge in [0.25, 0.3) is 0 Å². The molecule has 0 radical (unpaired) electrons. The first-order chi connectivity index (χ1) is 12.3. The molecule has 0 spiro atoms. The molecule has 1 fully saturated rings. The maximum Gasteiger partial charge on any atom is 0.419 e. The van der Waals surface area contributed by atoms with Gasteiger partial charge in [0.2, 0.25) is 0 Å². The lowest BCUT2D eigenvalue weighted by Gasteiger charge is -2.25. The molecular weight excluding hydrogens is 366 g/mol. The van der Waals surface area contributed by atoms with Gasteiger partial charge in [0, 0.05) is 17.5 Å². The Balaban J connectivity index is 2.44. The number of likely N-dealkylation sites (tertiary alicyclic amines) is 1. The monoisotopic (exact) mass is 391 g/mol. The van der Waals surface area contributed by atoms with Gasteiger partial charge in [-0.15, -0.1) is 11.8 Å². The molecule has 0 bridgehead atoms. The lowest BCUT2D eigenvalue weighted by molar-refractivity contribution is -0.140. The number of thioether (sulfide) groups is 1. The average Bonchev–Trinajstić information content (AvgIpc) is 2.99. The second kappa shape index (κ2) is 9.10. The first-order valence-corrected chi connectivity index (χ1v) is 9.77. The van der Waals surface area contributed by atoms with E-state index in [1.807, 2.05) is 6.26 Å². The van der Waals surface area contributed by atoms with Gasteiger partial charge < -0.3 is 10.6 Å². The van der Waals surface area contributed by atoms with Gasteiger partial charge in [0.1, 0.15) is 5.82 Å². The zero-order chi connectivity index (χ0) is 19.3. The summed E-state index contributed by atoms with van der Waals surface area (Å²) in [6, 6.07) is 3.61. The van der Waals surface area contributed by atoms with Crippen molar-refractivity contribution in [2.24, 2.45) is 0 Å². The molecule has 8 heteroatoms. The van der Waals surface area contributed by atoms with E-state index in [4.69, 9.17) is 0 Å². The van der Waals surface area contributed by atoms with Gasteiger partial charge in [0.05, 0.1) is 17.9 Å². The SMILES string of the molecule is CNCN/C(=C(/CN1CCCC1C)SC)c1ccc(F)c(C(F)(F)F)c1. The molecule has 2 N–H and O–H groups in total. The van der Waals surface area contributed by atoms with E-state index in [-0.39, 0.29) is 0 Å². The van der Waals surface area contributed by atoms with Crippen LogP contribution in [0.3, 0.4) is 0 Å². The Hall–Kier alpha value is -1.25. The summed E-state index contributed by atoms with van der Waals surface area (Å²) in [7, 11) is 1.75. The zero-order valence-corrected chi connectivity index (χ0v) is 16.0. The quantitative estimate of drug-likeness (QED) is 0.540. The molecule has 1 aliphatic heterocycles. The summed E-state index contributed by atoms with van der Waals surface area (Å²) in [5.74, 6) is -1.26. The highest BCUT2D eigenvalue weighted by molar-refractivity contribution is 8.02. The zero-order valence-electron chi connectivity index (χ0n) is 15.2. The highest BCUT2D eigenvalue weighted by Gasteiger charge is 2.34. The van der Waals surface area contributed by atoms with Crippen LogP contribution in [-0.2, 0) is 6.18 Å². The molecule has 0 amide bonds. The predicted octanol–water partition coefficient (Wildman–Crippen LogP) is 4.13. The van der Waals surface area contributed by atoms with E-state index in [1.165, 1.54) is 17.8 Å². The summed E-state index contributed by atoms with van der Waals surface area (Å²) in [5.41, 5.74) is -0.296. The Bertz CT molecular complexity index is 646. The van der Waals surface area contributed by atoms with Crippen molar-refractivity contribution in [2.75, 3.05) is 33.1 Å². The van der Waals surface area contributed by atoms with Gasteiger partial charge in [-0.3, -0.25) is 4.90 Å². The van der Waals surface area contributed by atoms with E-state index in [0.717, 1.165) is 36.4 Å². The fourth-order valence-electron chi connectivity index (χ4n) is 3.09. The molecule has 1 unspecified atom stereocenters. The van der Waals surface area contributed by atoms with Crippen molar-refractivity contribution >= 4 is 17.5 Å². The largest absolute Gasteiger partial charge is 0.419 e. The van der Waals surface area contributed by atoms with Crippen LogP contribution >= 0.6 is 11.8 Å². The van der Waals surface area contributed by atoms with Crippen LogP contribution in [0.2, 0.25) is 0 Å². The molecule has 3 nitrogen and oxygen atoms in total. The topological polar surface area (TPSA) is 27.3 Å². The maximum atomic E-state index is 13.7. The minimum absolute atomic E-state index is 0.338. The predicted molar refractivity (Wildman–Crippen MR) is 99.2 cm³/mol. The van der Waals surface area contributed by atoms with Crippen LogP contribution in [0.4, 0.5) is 17.6 Å². The molecule has 1 aromatic rings. The summed E-state index contributed by atoms with van der Waals surface area (Å²) < 4.78 is 53.0. The van der Waals surface area contributed by atoms with Crippen LogP contribution in [0.25, 0.3) is 5.70 Å². The van der Waals surface area contributed by atoms with Gasteiger partial charge in [-0.1, -0.05) is 0 Å². The summed E-state index contributed by atoms with van der Waals surface area (Å²) >= 11 is 1.50. The van der Waals surface area contributed by atoms with Crippen LogP contribution < -0.4 is 10.6 Å². The van der Waals surface area contributed by atoms with E-state index in [2.05, 4.69) is 22.5 Å². The molecule has 0 aliphatic carbocycles. The number of nitrogens with zero attached hydrogens (tertiary/aromatic N) is 1. The number of halogens is 4. The second-order valence-corrected chi connectivity index (χ2v) is 7.26. The summed E-state index contributed by atoms with van der Waals surface area (Å²) in [5, 5.41) is 6.10. The molecule has 1 saturated heterocycles. The third-order valence-electron chi connectivity index (χ3n) is 4.56. The molecule has 146 valence electrons. The van der Waals surface area contributed by atoms with E-state index in [0.29, 0.717) is 30.5 Å². The molecule has 2 rings (SSSR count). The van der Waals surface area contributed by atoms with Crippen molar-refractivity contribution in [3.05, 3.63) is 40.0 Å². The van der Waals surface area contributed by atoms with Crippen molar-refractivity contribution in [1.29, 1.82) is 0 Å². The number of benzene rings is 1. The number of alkyl halides is 3. The molecular formula is C18H25F4N3S. The van der Waals surface area contributed by atoms with Crippen molar-refractivity contribution in [1.82, 2.24) is 15.5 Å². The molecule has 0 aromatic heterocycles. The van der Waals surface area contributed by atoms with Crippen molar-refractivity contribution < 1.29 is 17.6 Å². The summed E-state index contributed by atoms with van der Waals surface area (Å²) in [4.78, 5) is 3.26. The van der Waals surface area contributed by atoms with Crippen LogP contribution in [0.1, 0.15) is 30.9 Å². The van der Waals surface area contributed by atoms with Crippen LogP contribution in [-0.4, -0.2) is 44.0 Å². The average molecular weight is 391 g/mol. The molecule has 1 atom stereocenters. The lowest BCUT2D eigenvalue weighted by Crippen LogP contribution is -2.31. The lowest BCUT2D eigenvalue weighted by atomic mass is 10.1. The molecule has 1 aromatic carbocycles. The Morgan fingerprint density at radius 3 is 2.62 bits per heavy atom. The fourth-order valence-corrected chi connectivity index (χ4v) is 3.78. The van der Waals surface area contributed by atoms with Crippen LogP contribution in [0.5, 0.6) is 0 Å². The summed E-state index contributed by atoms with van der Waals surface area (Å²) in [6.45, 7) is 4.19. The molecule has 1 heterocycles. The third-order valence-corrected chi connectivity index (χ3v) is 5.39. The van der Waals surface area contributed by atoms with Crippen LogP contribution in [0, 0.1) is 5.82 Å². The van der Waals surface area contributed by atoms with E-state index in [1.54, 1.807) is 7.05 Å². The number of hydrogen-bond donors (Lipinski definition) is 2. The Morgan fingerprint density at radius 1 is 1.35 bits per heavy atom. The number of hydrogen-bond acceptors (Lipinski definition) is 4. The van der Waals surface area contributed by atoms with E-state index >= 15 is 0 Å². The smallest absolute Gasteiger partial charge is 0.371 e.